The zero-order chi connectivity index (χ0) is 11.3. The van der Waals surface area contributed by atoms with Crippen molar-refractivity contribution in [2.24, 2.45) is 0 Å². The normalized spacial score (nSPS) is 10.5. The minimum absolute atomic E-state index is 0.00947. The number of rotatable bonds is 6. The lowest BCUT2D eigenvalue weighted by atomic mass is 10.1. The number of aliphatic carboxylic acids is 1. The van der Waals surface area contributed by atoms with Gasteiger partial charge in [-0.05, 0) is 25.8 Å². The predicted octanol–water partition coefficient (Wildman–Crippen LogP) is 1.88. The van der Waals surface area contributed by atoms with E-state index in [2.05, 4.69) is 0 Å². The Bertz CT molecular complexity index is 327. The Hall–Kier alpha value is -1.29. The number of carbonyl (C=O) groups is 1. The number of hydrogen-bond acceptors (Lipinski definition) is 3. The SMILES string of the molecule is Cc1oc(CCCCC(=O)O)cc1CO. The molecule has 0 aliphatic heterocycles. The minimum Gasteiger partial charge on any atom is -0.481 e. The highest BCUT2D eigenvalue weighted by Crippen LogP contribution is 2.16. The molecule has 0 spiro atoms. The maximum Gasteiger partial charge on any atom is 0.303 e. The van der Waals surface area contributed by atoms with Crippen LogP contribution >= 0.6 is 0 Å². The van der Waals surface area contributed by atoms with Crippen LogP contribution in [0.3, 0.4) is 0 Å². The van der Waals surface area contributed by atoms with E-state index in [1.54, 1.807) is 0 Å². The molecule has 0 aliphatic rings. The van der Waals surface area contributed by atoms with Crippen LogP contribution in [0.2, 0.25) is 0 Å². The molecule has 0 fully saturated rings. The Morgan fingerprint density at radius 1 is 1.47 bits per heavy atom. The van der Waals surface area contributed by atoms with E-state index < -0.39 is 5.97 Å². The van der Waals surface area contributed by atoms with Crippen molar-refractivity contribution in [1.82, 2.24) is 0 Å². The Kier molecular flexibility index (Phi) is 4.37. The average molecular weight is 212 g/mol. The highest BCUT2D eigenvalue weighted by molar-refractivity contribution is 5.66. The van der Waals surface area contributed by atoms with Crippen LogP contribution in [0, 0.1) is 6.92 Å². The van der Waals surface area contributed by atoms with Crippen LogP contribution in [0.5, 0.6) is 0 Å². The largest absolute Gasteiger partial charge is 0.481 e. The van der Waals surface area contributed by atoms with Gasteiger partial charge in [0.1, 0.15) is 11.5 Å². The molecular formula is C11H16O4. The summed E-state index contributed by atoms with van der Waals surface area (Å²) in [6, 6.07) is 1.83. The van der Waals surface area contributed by atoms with Crippen molar-refractivity contribution in [1.29, 1.82) is 0 Å². The van der Waals surface area contributed by atoms with Gasteiger partial charge in [0.05, 0.1) is 6.61 Å². The number of unbranched alkanes of at least 4 members (excludes halogenated alkanes) is 1. The van der Waals surface area contributed by atoms with Crippen molar-refractivity contribution in [3.05, 3.63) is 23.2 Å². The molecule has 2 N–H and O–H groups in total. The summed E-state index contributed by atoms with van der Waals surface area (Å²) in [4.78, 5) is 10.3. The first-order valence-electron chi connectivity index (χ1n) is 5.04. The molecule has 0 amide bonds. The molecule has 1 aromatic rings. The van der Waals surface area contributed by atoms with Gasteiger partial charge in [-0.15, -0.1) is 0 Å². The second kappa shape index (κ2) is 5.56. The van der Waals surface area contributed by atoms with Gasteiger partial charge in [-0.2, -0.15) is 0 Å². The lowest BCUT2D eigenvalue weighted by Crippen LogP contribution is -1.94. The third kappa shape index (κ3) is 3.75. The van der Waals surface area contributed by atoms with Gasteiger partial charge >= 0.3 is 5.97 Å². The summed E-state index contributed by atoms with van der Waals surface area (Å²) in [6.45, 7) is 1.80. The predicted molar refractivity (Wildman–Crippen MR) is 54.6 cm³/mol. The van der Waals surface area contributed by atoms with Crippen molar-refractivity contribution in [2.45, 2.75) is 39.2 Å². The topological polar surface area (TPSA) is 70.7 Å². The summed E-state index contributed by atoms with van der Waals surface area (Å²) in [7, 11) is 0. The van der Waals surface area contributed by atoms with E-state index in [4.69, 9.17) is 14.6 Å². The monoisotopic (exact) mass is 212 g/mol. The molecule has 1 rings (SSSR count). The molecule has 4 nitrogen and oxygen atoms in total. The Morgan fingerprint density at radius 2 is 2.20 bits per heavy atom. The minimum atomic E-state index is -0.762. The number of hydrogen-bond donors (Lipinski definition) is 2. The van der Waals surface area contributed by atoms with Gasteiger partial charge in [0.15, 0.2) is 0 Å². The molecule has 1 heterocycles. The lowest BCUT2D eigenvalue weighted by Gasteiger charge is -1.95. The highest BCUT2D eigenvalue weighted by Gasteiger charge is 2.06. The van der Waals surface area contributed by atoms with Gasteiger partial charge in [-0.3, -0.25) is 4.79 Å². The van der Waals surface area contributed by atoms with Crippen LogP contribution in [-0.2, 0) is 17.8 Å². The molecule has 4 heteroatoms. The molecule has 1 aromatic heterocycles. The van der Waals surface area contributed by atoms with E-state index >= 15 is 0 Å². The molecule has 0 aliphatic carbocycles. The van der Waals surface area contributed by atoms with Crippen molar-refractivity contribution in [3.63, 3.8) is 0 Å². The fraction of sp³-hybridized carbons (Fsp3) is 0.545. The van der Waals surface area contributed by atoms with Crippen molar-refractivity contribution >= 4 is 5.97 Å². The van der Waals surface area contributed by atoms with Crippen LogP contribution in [0.1, 0.15) is 36.3 Å². The molecule has 84 valence electrons. The first kappa shape index (κ1) is 11.8. The van der Waals surface area contributed by atoms with Crippen LogP contribution < -0.4 is 0 Å². The summed E-state index contributed by atoms with van der Waals surface area (Å²) in [6.07, 6.45) is 2.38. The van der Waals surface area contributed by atoms with E-state index in [-0.39, 0.29) is 13.0 Å². The highest BCUT2D eigenvalue weighted by atomic mass is 16.4. The van der Waals surface area contributed by atoms with Crippen LogP contribution in [-0.4, -0.2) is 16.2 Å². The molecule has 0 radical (unpaired) electrons. The summed E-state index contributed by atoms with van der Waals surface area (Å²) >= 11 is 0. The van der Waals surface area contributed by atoms with Gasteiger partial charge in [-0.25, -0.2) is 0 Å². The van der Waals surface area contributed by atoms with E-state index in [0.29, 0.717) is 6.42 Å². The number of carboxylic acid groups (broad SMARTS) is 1. The molecular weight excluding hydrogens is 196 g/mol. The maximum absolute atomic E-state index is 10.3. The summed E-state index contributed by atoms with van der Waals surface area (Å²) in [5.41, 5.74) is 0.809. The average Bonchev–Trinajstić information content (AvgIpc) is 2.53. The van der Waals surface area contributed by atoms with Gasteiger partial charge in [0.25, 0.3) is 0 Å². The number of aryl methyl sites for hydroxylation is 2. The third-order valence-electron chi connectivity index (χ3n) is 2.31. The first-order valence-corrected chi connectivity index (χ1v) is 5.04. The van der Waals surface area contributed by atoms with Crippen molar-refractivity contribution < 1.29 is 19.4 Å². The maximum atomic E-state index is 10.3. The van der Waals surface area contributed by atoms with Crippen LogP contribution in [0.25, 0.3) is 0 Å². The zero-order valence-electron chi connectivity index (χ0n) is 8.82. The standard InChI is InChI=1S/C11H16O4/c1-8-9(7-12)6-10(15-8)4-2-3-5-11(13)14/h6,12H,2-5,7H2,1H3,(H,13,14). The van der Waals surface area contributed by atoms with Crippen LogP contribution in [0.15, 0.2) is 10.5 Å². The zero-order valence-corrected chi connectivity index (χ0v) is 8.82. The number of aliphatic hydroxyl groups is 1. The van der Waals surface area contributed by atoms with E-state index in [1.165, 1.54) is 0 Å². The quantitative estimate of drug-likeness (QED) is 0.706. The molecule has 0 saturated heterocycles. The Labute approximate surface area is 88.5 Å². The summed E-state index contributed by atoms with van der Waals surface area (Å²) < 4.78 is 5.41. The molecule has 15 heavy (non-hydrogen) atoms. The van der Waals surface area contributed by atoms with Gasteiger partial charge < -0.3 is 14.6 Å². The number of aliphatic hydroxyl groups excluding tert-OH is 1. The van der Waals surface area contributed by atoms with E-state index in [0.717, 1.165) is 29.9 Å². The molecule has 0 bridgehead atoms. The fourth-order valence-electron chi connectivity index (χ4n) is 1.44. The third-order valence-corrected chi connectivity index (χ3v) is 2.31. The van der Waals surface area contributed by atoms with E-state index in [9.17, 15) is 4.79 Å². The summed E-state index contributed by atoms with van der Waals surface area (Å²) in [5, 5.41) is 17.4. The smallest absolute Gasteiger partial charge is 0.303 e. The van der Waals surface area contributed by atoms with Gasteiger partial charge in [-0.1, -0.05) is 0 Å². The van der Waals surface area contributed by atoms with Gasteiger partial charge in [0, 0.05) is 18.4 Å². The Morgan fingerprint density at radius 3 is 2.73 bits per heavy atom. The molecule has 0 unspecified atom stereocenters. The van der Waals surface area contributed by atoms with Crippen LogP contribution in [0.4, 0.5) is 0 Å². The molecule has 0 saturated carbocycles. The number of furan rings is 1. The van der Waals surface area contributed by atoms with Crippen molar-refractivity contribution in [3.8, 4) is 0 Å². The lowest BCUT2D eigenvalue weighted by molar-refractivity contribution is -0.137. The van der Waals surface area contributed by atoms with Gasteiger partial charge in [0.2, 0.25) is 0 Å². The first-order chi connectivity index (χ1) is 7.13. The Balaban J connectivity index is 2.34. The second-order valence-corrected chi connectivity index (χ2v) is 3.55. The molecule has 0 aromatic carbocycles. The van der Waals surface area contributed by atoms with Crippen molar-refractivity contribution in [2.75, 3.05) is 0 Å². The summed E-state index contributed by atoms with van der Waals surface area (Å²) in [5.74, 6) is 0.800. The molecule has 0 atom stereocenters. The number of carboxylic acids is 1. The fourth-order valence-corrected chi connectivity index (χ4v) is 1.44. The second-order valence-electron chi connectivity index (χ2n) is 3.55. The van der Waals surface area contributed by atoms with E-state index in [1.807, 2.05) is 13.0 Å².